The van der Waals surface area contributed by atoms with Crippen LogP contribution in [0.4, 0.5) is 5.69 Å². The second-order valence-corrected chi connectivity index (χ2v) is 2.44. The molecule has 3 N–H and O–H groups in total. The number of hydrogen-bond donors (Lipinski definition) is 2. The van der Waals surface area contributed by atoms with Gasteiger partial charge in [-0.2, -0.15) is 0 Å². The van der Waals surface area contributed by atoms with Crippen LogP contribution in [-0.2, 0) is 0 Å². The second-order valence-electron chi connectivity index (χ2n) is 2.44. The molecule has 0 aliphatic heterocycles. The Morgan fingerprint density at radius 3 is 2.57 bits per heavy atom. The summed E-state index contributed by atoms with van der Waals surface area (Å²) in [5, 5.41) is 8.77. The van der Waals surface area contributed by atoms with Gasteiger partial charge in [-0.1, -0.05) is 0 Å². The number of rotatable bonds is 3. The normalized spacial score (nSPS) is 9.57. The number of ether oxygens (including phenoxy) is 2. The van der Waals surface area contributed by atoms with Gasteiger partial charge in [0.25, 0.3) is 0 Å². The lowest BCUT2D eigenvalue weighted by Gasteiger charge is -2.08. The maximum absolute atomic E-state index is 10.7. The van der Waals surface area contributed by atoms with Gasteiger partial charge in [0, 0.05) is 6.07 Å². The molecule has 0 saturated heterocycles. The van der Waals surface area contributed by atoms with E-state index in [9.17, 15) is 4.79 Å². The number of hydrogen-bond acceptors (Lipinski definition) is 5. The van der Waals surface area contributed by atoms with Gasteiger partial charge < -0.3 is 20.3 Å². The first-order chi connectivity index (χ1) is 6.60. The van der Waals surface area contributed by atoms with Gasteiger partial charge in [0.2, 0.25) is 5.88 Å². The van der Waals surface area contributed by atoms with Gasteiger partial charge in [0.15, 0.2) is 11.4 Å². The molecule has 1 aromatic heterocycles. The molecular formula is C8H10N2O4. The number of carbonyl (C=O) groups is 1. The molecule has 1 rings (SSSR count). The highest BCUT2D eigenvalue weighted by Crippen LogP contribution is 2.26. The fraction of sp³-hybridized carbons (Fsp3) is 0.250. The first kappa shape index (κ1) is 10.1. The van der Waals surface area contributed by atoms with Crippen LogP contribution < -0.4 is 15.2 Å². The lowest BCUT2D eigenvalue weighted by molar-refractivity contribution is 0.0685. The Labute approximate surface area is 80.3 Å². The maximum Gasteiger partial charge on any atom is 0.358 e. The van der Waals surface area contributed by atoms with Crippen molar-refractivity contribution in [2.75, 3.05) is 20.0 Å². The summed E-state index contributed by atoms with van der Waals surface area (Å²) in [6, 6.07) is 1.36. The molecule has 1 heterocycles. The van der Waals surface area contributed by atoms with Gasteiger partial charge in [-0.3, -0.25) is 0 Å². The molecule has 6 heteroatoms. The average Bonchev–Trinajstić information content (AvgIpc) is 2.16. The number of pyridine rings is 1. The van der Waals surface area contributed by atoms with E-state index in [0.717, 1.165) is 0 Å². The molecule has 0 radical (unpaired) electrons. The predicted molar refractivity (Wildman–Crippen MR) is 48.7 cm³/mol. The molecule has 0 spiro atoms. The number of nitrogens with zero attached hydrogens (tertiary/aromatic N) is 1. The van der Waals surface area contributed by atoms with Gasteiger partial charge in [0.05, 0.1) is 19.9 Å². The minimum atomic E-state index is -1.19. The van der Waals surface area contributed by atoms with Crippen molar-refractivity contribution in [1.29, 1.82) is 0 Å². The van der Waals surface area contributed by atoms with Gasteiger partial charge in [-0.25, -0.2) is 9.78 Å². The van der Waals surface area contributed by atoms with Crippen LogP contribution in [0, 0.1) is 0 Å². The first-order valence-corrected chi connectivity index (χ1v) is 3.72. The second kappa shape index (κ2) is 3.82. The number of anilines is 1. The SMILES string of the molecule is COc1cc(N)c(OC)nc1C(=O)O. The van der Waals surface area contributed by atoms with Crippen LogP contribution >= 0.6 is 0 Å². The average molecular weight is 198 g/mol. The Balaban J connectivity index is 3.32. The largest absolute Gasteiger partial charge is 0.494 e. The van der Waals surface area contributed by atoms with Gasteiger partial charge >= 0.3 is 5.97 Å². The number of aromatic carboxylic acids is 1. The molecule has 0 aromatic carbocycles. The highest BCUT2D eigenvalue weighted by atomic mass is 16.5. The number of carboxylic acid groups (broad SMARTS) is 1. The van der Waals surface area contributed by atoms with E-state index < -0.39 is 5.97 Å². The molecular weight excluding hydrogens is 188 g/mol. The lowest BCUT2D eigenvalue weighted by atomic mass is 10.3. The summed E-state index contributed by atoms with van der Waals surface area (Å²) in [5.74, 6) is -1.01. The molecule has 0 fully saturated rings. The van der Waals surface area contributed by atoms with Crippen molar-refractivity contribution in [3.05, 3.63) is 11.8 Å². The molecule has 0 aliphatic rings. The van der Waals surface area contributed by atoms with Crippen LogP contribution in [0.25, 0.3) is 0 Å². The third kappa shape index (κ3) is 1.68. The van der Waals surface area contributed by atoms with Crippen molar-refractivity contribution in [1.82, 2.24) is 4.98 Å². The van der Waals surface area contributed by atoms with Crippen molar-refractivity contribution in [2.24, 2.45) is 0 Å². The fourth-order valence-electron chi connectivity index (χ4n) is 0.965. The third-order valence-electron chi connectivity index (χ3n) is 1.60. The Morgan fingerprint density at radius 2 is 2.14 bits per heavy atom. The standard InChI is InChI=1S/C8H10N2O4/c1-13-5-3-4(9)7(14-2)10-6(5)8(11)12/h3H,9H2,1-2H3,(H,11,12). The van der Waals surface area contributed by atoms with E-state index in [2.05, 4.69) is 4.98 Å². The highest BCUT2D eigenvalue weighted by Gasteiger charge is 2.16. The Morgan fingerprint density at radius 1 is 1.50 bits per heavy atom. The molecule has 0 bridgehead atoms. The molecule has 14 heavy (non-hydrogen) atoms. The first-order valence-electron chi connectivity index (χ1n) is 3.72. The zero-order chi connectivity index (χ0) is 10.7. The van der Waals surface area contributed by atoms with Gasteiger partial charge in [-0.15, -0.1) is 0 Å². The van der Waals surface area contributed by atoms with Crippen LogP contribution in [0.3, 0.4) is 0 Å². The van der Waals surface area contributed by atoms with Crippen molar-refractivity contribution < 1.29 is 19.4 Å². The molecule has 1 aromatic rings. The number of nitrogen functional groups attached to an aromatic ring is 1. The van der Waals surface area contributed by atoms with E-state index in [1.54, 1.807) is 0 Å². The summed E-state index contributed by atoms with van der Waals surface area (Å²) in [5.41, 5.74) is 5.52. The van der Waals surface area contributed by atoms with Crippen molar-refractivity contribution in [3.63, 3.8) is 0 Å². The molecule has 0 aliphatic carbocycles. The van der Waals surface area contributed by atoms with Crippen LogP contribution in [0.1, 0.15) is 10.5 Å². The Bertz CT molecular complexity index is 365. The van der Waals surface area contributed by atoms with E-state index in [-0.39, 0.29) is 23.0 Å². The monoisotopic (exact) mass is 198 g/mol. The summed E-state index contributed by atoms with van der Waals surface area (Å²) in [7, 11) is 2.70. The van der Waals surface area contributed by atoms with E-state index in [1.807, 2.05) is 0 Å². The summed E-state index contributed by atoms with van der Waals surface area (Å²) in [6.07, 6.45) is 0. The molecule has 0 saturated carbocycles. The van der Waals surface area contributed by atoms with Gasteiger partial charge in [0.1, 0.15) is 0 Å². The summed E-state index contributed by atoms with van der Waals surface area (Å²) >= 11 is 0. The maximum atomic E-state index is 10.7. The van der Waals surface area contributed by atoms with E-state index in [0.29, 0.717) is 0 Å². The van der Waals surface area contributed by atoms with Crippen LogP contribution in [0.15, 0.2) is 6.07 Å². The molecule has 6 nitrogen and oxygen atoms in total. The van der Waals surface area contributed by atoms with E-state index in [1.165, 1.54) is 20.3 Å². The van der Waals surface area contributed by atoms with Crippen molar-refractivity contribution >= 4 is 11.7 Å². The summed E-state index contributed by atoms with van der Waals surface area (Å²) < 4.78 is 9.59. The van der Waals surface area contributed by atoms with E-state index >= 15 is 0 Å². The Hall–Kier alpha value is -1.98. The minimum absolute atomic E-state index is 0.0724. The summed E-state index contributed by atoms with van der Waals surface area (Å²) in [4.78, 5) is 14.4. The van der Waals surface area contributed by atoms with E-state index in [4.69, 9.17) is 20.3 Å². The smallest absolute Gasteiger partial charge is 0.358 e. The summed E-state index contributed by atoms with van der Waals surface area (Å²) in [6.45, 7) is 0. The molecule has 0 amide bonds. The van der Waals surface area contributed by atoms with Gasteiger partial charge in [-0.05, 0) is 0 Å². The molecule has 0 unspecified atom stereocenters. The van der Waals surface area contributed by atoms with Crippen LogP contribution in [0.2, 0.25) is 0 Å². The minimum Gasteiger partial charge on any atom is -0.494 e. The number of methoxy groups -OCH3 is 2. The number of nitrogens with two attached hydrogens (primary N) is 1. The predicted octanol–water partition coefficient (Wildman–Crippen LogP) is 0.379. The number of carboxylic acids is 1. The van der Waals surface area contributed by atoms with Crippen LogP contribution in [0.5, 0.6) is 11.6 Å². The zero-order valence-electron chi connectivity index (χ0n) is 7.77. The molecule has 0 atom stereocenters. The lowest BCUT2D eigenvalue weighted by Crippen LogP contribution is -2.07. The highest BCUT2D eigenvalue weighted by molar-refractivity contribution is 5.89. The zero-order valence-corrected chi connectivity index (χ0v) is 7.77. The topological polar surface area (TPSA) is 94.7 Å². The molecule has 76 valence electrons. The van der Waals surface area contributed by atoms with Crippen molar-refractivity contribution in [3.8, 4) is 11.6 Å². The Kier molecular flexibility index (Phi) is 2.76. The van der Waals surface area contributed by atoms with Crippen LogP contribution in [-0.4, -0.2) is 30.3 Å². The van der Waals surface area contributed by atoms with Crippen molar-refractivity contribution in [2.45, 2.75) is 0 Å². The quantitative estimate of drug-likeness (QED) is 0.729. The number of aromatic nitrogens is 1. The fourth-order valence-corrected chi connectivity index (χ4v) is 0.965. The third-order valence-corrected chi connectivity index (χ3v) is 1.60.